The van der Waals surface area contributed by atoms with Crippen molar-refractivity contribution in [1.29, 1.82) is 0 Å². The molecule has 0 aliphatic carbocycles. The third-order valence-corrected chi connectivity index (χ3v) is 4.14. The average Bonchev–Trinajstić information content (AvgIpc) is 2.61. The summed E-state index contributed by atoms with van der Waals surface area (Å²) in [5.74, 6) is 0. The van der Waals surface area contributed by atoms with Gasteiger partial charge in [0.05, 0.1) is 11.3 Å². The lowest BCUT2D eigenvalue weighted by Gasteiger charge is -2.21. The van der Waals surface area contributed by atoms with E-state index in [1.165, 1.54) is 5.56 Å². The minimum absolute atomic E-state index is 0.128. The van der Waals surface area contributed by atoms with Crippen molar-refractivity contribution in [3.63, 3.8) is 0 Å². The van der Waals surface area contributed by atoms with Crippen molar-refractivity contribution in [2.45, 2.75) is 25.8 Å². The largest absolute Gasteiger partial charge is 0.378 e. The first-order valence-electron chi connectivity index (χ1n) is 7.90. The van der Waals surface area contributed by atoms with E-state index in [9.17, 15) is 9.59 Å². The first kappa shape index (κ1) is 15.2. The third-order valence-electron chi connectivity index (χ3n) is 4.14. The van der Waals surface area contributed by atoms with Gasteiger partial charge in [-0.3, -0.25) is 9.59 Å². The van der Waals surface area contributed by atoms with Gasteiger partial charge in [-0.05, 0) is 24.0 Å². The van der Waals surface area contributed by atoms with Gasteiger partial charge >= 0.3 is 0 Å². The second kappa shape index (κ2) is 6.61. The zero-order chi connectivity index (χ0) is 16.2. The van der Waals surface area contributed by atoms with Crippen LogP contribution in [0.3, 0.4) is 0 Å². The second-order valence-corrected chi connectivity index (χ2v) is 5.71. The summed E-state index contributed by atoms with van der Waals surface area (Å²) in [6, 6.07) is 19.6. The van der Waals surface area contributed by atoms with E-state index in [1.54, 1.807) is 0 Å². The fourth-order valence-corrected chi connectivity index (χ4v) is 2.81. The van der Waals surface area contributed by atoms with Crippen LogP contribution in [0.2, 0.25) is 0 Å². The Morgan fingerprint density at radius 2 is 1.48 bits per heavy atom. The molecule has 0 radical (unpaired) electrons. The molecule has 0 saturated carbocycles. The molecule has 0 amide bonds. The van der Waals surface area contributed by atoms with Crippen LogP contribution in [-0.4, -0.2) is 6.04 Å². The van der Waals surface area contributed by atoms with E-state index in [0.29, 0.717) is 11.3 Å². The maximum Gasteiger partial charge on any atom is 0.250 e. The standard InChI is InChI=1S/C20H19NO2/c1-2-16(13-14-9-5-3-6-10-14)21-18-17(19(22)20(18)23)15-11-7-4-8-12-15/h3-12,16,21H,2,13H2,1H3/t16-/m1/s1. The summed E-state index contributed by atoms with van der Waals surface area (Å²) in [6.07, 6.45) is 1.70. The molecule has 116 valence electrons. The van der Waals surface area contributed by atoms with Gasteiger partial charge in [0.2, 0.25) is 10.9 Å². The van der Waals surface area contributed by atoms with Crippen LogP contribution in [0.1, 0.15) is 18.9 Å². The third kappa shape index (κ3) is 3.09. The van der Waals surface area contributed by atoms with Gasteiger partial charge in [-0.25, -0.2) is 0 Å². The van der Waals surface area contributed by atoms with Gasteiger partial charge in [0.15, 0.2) is 0 Å². The summed E-state index contributed by atoms with van der Waals surface area (Å²) in [5.41, 5.74) is 2.19. The van der Waals surface area contributed by atoms with E-state index in [2.05, 4.69) is 24.4 Å². The zero-order valence-electron chi connectivity index (χ0n) is 13.1. The van der Waals surface area contributed by atoms with Crippen molar-refractivity contribution in [1.82, 2.24) is 0 Å². The van der Waals surface area contributed by atoms with Crippen LogP contribution in [0, 0.1) is 0 Å². The van der Waals surface area contributed by atoms with Gasteiger partial charge in [0.1, 0.15) is 0 Å². The van der Waals surface area contributed by atoms with Crippen LogP contribution in [0.25, 0.3) is 11.1 Å². The summed E-state index contributed by atoms with van der Waals surface area (Å²) < 4.78 is 0. The molecular formula is C20H19NO2. The fraction of sp³-hybridized carbons (Fsp3) is 0.200. The number of hydrogen-bond donors (Lipinski definition) is 1. The number of anilines is 1. The Hall–Kier alpha value is -2.68. The van der Waals surface area contributed by atoms with E-state index < -0.39 is 10.9 Å². The second-order valence-electron chi connectivity index (χ2n) is 5.71. The topological polar surface area (TPSA) is 46.2 Å². The van der Waals surface area contributed by atoms with Crippen LogP contribution in [0.5, 0.6) is 0 Å². The molecule has 0 heterocycles. The number of rotatable bonds is 6. The van der Waals surface area contributed by atoms with E-state index >= 15 is 0 Å². The Morgan fingerprint density at radius 3 is 2.09 bits per heavy atom. The van der Waals surface area contributed by atoms with Gasteiger partial charge in [-0.2, -0.15) is 0 Å². The van der Waals surface area contributed by atoms with Gasteiger partial charge in [-0.15, -0.1) is 0 Å². The molecular weight excluding hydrogens is 286 g/mol. The monoisotopic (exact) mass is 305 g/mol. The molecule has 3 rings (SSSR count). The lowest BCUT2D eigenvalue weighted by atomic mass is 9.96. The molecule has 3 nitrogen and oxygen atoms in total. The van der Waals surface area contributed by atoms with E-state index in [1.807, 2.05) is 48.5 Å². The Kier molecular flexibility index (Phi) is 4.38. The van der Waals surface area contributed by atoms with Crippen molar-refractivity contribution < 1.29 is 0 Å². The number of benzene rings is 2. The highest BCUT2D eigenvalue weighted by molar-refractivity contribution is 5.81. The first-order chi connectivity index (χ1) is 11.2. The zero-order valence-corrected chi connectivity index (χ0v) is 13.1. The van der Waals surface area contributed by atoms with E-state index in [-0.39, 0.29) is 6.04 Å². The van der Waals surface area contributed by atoms with Crippen LogP contribution in [0.15, 0.2) is 70.3 Å². The quantitative estimate of drug-likeness (QED) is 0.710. The summed E-state index contributed by atoms with van der Waals surface area (Å²) in [7, 11) is 0. The molecule has 0 saturated heterocycles. The summed E-state index contributed by atoms with van der Waals surface area (Å²) in [5, 5.41) is 3.29. The lowest BCUT2D eigenvalue weighted by Crippen LogP contribution is -2.39. The average molecular weight is 305 g/mol. The predicted octanol–water partition coefficient (Wildman–Crippen LogP) is 3.38. The molecule has 0 spiro atoms. The molecule has 3 aromatic carbocycles. The van der Waals surface area contributed by atoms with Crippen molar-refractivity contribution in [3.05, 3.63) is 86.7 Å². The van der Waals surface area contributed by atoms with Crippen LogP contribution in [-0.2, 0) is 6.42 Å². The van der Waals surface area contributed by atoms with Gasteiger partial charge in [0, 0.05) is 6.04 Å². The molecule has 3 aromatic rings. The number of hydrogen-bond acceptors (Lipinski definition) is 3. The summed E-state index contributed by atoms with van der Waals surface area (Å²) >= 11 is 0. The molecule has 0 unspecified atom stereocenters. The lowest BCUT2D eigenvalue weighted by molar-refractivity contribution is 0.689. The highest BCUT2D eigenvalue weighted by atomic mass is 16.2. The van der Waals surface area contributed by atoms with Crippen molar-refractivity contribution in [2.24, 2.45) is 0 Å². The molecule has 3 heteroatoms. The molecule has 0 fully saturated rings. The highest BCUT2D eigenvalue weighted by Crippen LogP contribution is 2.24. The van der Waals surface area contributed by atoms with Crippen LogP contribution < -0.4 is 16.2 Å². The maximum atomic E-state index is 12.0. The molecule has 1 atom stereocenters. The van der Waals surface area contributed by atoms with Gasteiger partial charge in [0.25, 0.3) is 0 Å². The smallest absolute Gasteiger partial charge is 0.250 e. The molecule has 0 bridgehead atoms. The minimum atomic E-state index is -0.407. The van der Waals surface area contributed by atoms with Crippen LogP contribution in [0.4, 0.5) is 5.69 Å². The molecule has 0 aliphatic rings. The van der Waals surface area contributed by atoms with E-state index in [0.717, 1.165) is 18.4 Å². The fourth-order valence-electron chi connectivity index (χ4n) is 2.81. The maximum absolute atomic E-state index is 12.0. The molecule has 23 heavy (non-hydrogen) atoms. The Balaban J connectivity index is 1.84. The SMILES string of the molecule is CC[C@H](Cc1ccccc1)Nc1c(-c2ccccc2)c(=O)c1=O. The summed E-state index contributed by atoms with van der Waals surface area (Å²) in [4.78, 5) is 23.9. The Labute approximate surface area is 135 Å². The van der Waals surface area contributed by atoms with Crippen molar-refractivity contribution in [3.8, 4) is 11.1 Å². The number of nitrogens with one attached hydrogen (secondary N) is 1. The van der Waals surface area contributed by atoms with Gasteiger partial charge < -0.3 is 5.32 Å². The molecule has 0 aliphatic heterocycles. The van der Waals surface area contributed by atoms with E-state index in [4.69, 9.17) is 0 Å². The molecule has 0 aromatic heterocycles. The summed E-state index contributed by atoms with van der Waals surface area (Å²) in [6.45, 7) is 2.08. The van der Waals surface area contributed by atoms with Crippen LogP contribution >= 0.6 is 0 Å². The minimum Gasteiger partial charge on any atom is -0.378 e. The highest BCUT2D eigenvalue weighted by Gasteiger charge is 2.23. The van der Waals surface area contributed by atoms with Crippen molar-refractivity contribution in [2.75, 3.05) is 5.32 Å². The predicted molar refractivity (Wildman–Crippen MR) is 94.6 cm³/mol. The van der Waals surface area contributed by atoms with Gasteiger partial charge in [-0.1, -0.05) is 67.6 Å². The first-order valence-corrected chi connectivity index (χ1v) is 7.90. The Morgan fingerprint density at radius 1 is 0.870 bits per heavy atom. The molecule has 1 N–H and O–H groups in total. The normalized spacial score (nSPS) is 12.2. The van der Waals surface area contributed by atoms with Crippen molar-refractivity contribution >= 4 is 5.69 Å². The Bertz CT molecular complexity index is 846.